The summed E-state index contributed by atoms with van der Waals surface area (Å²) in [5, 5.41) is 10.8. The van der Waals surface area contributed by atoms with E-state index in [1.165, 1.54) is 44.2 Å². The first-order valence-electron chi connectivity index (χ1n) is 9.28. The van der Waals surface area contributed by atoms with Crippen LogP contribution in [0.1, 0.15) is 32.8 Å². The molecule has 0 heterocycles. The highest BCUT2D eigenvalue weighted by atomic mass is 16.6. The summed E-state index contributed by atoms with van der Waals surface area (Å²) in [5.74, 6) is -1.80. The molecule has 0 N–H and O–H groups in total. The molecular weight excluding hydrogens is 398 g/mol. The van der Waals surface area contributed by atoms with Crippen molar-refractivity contribution in [3.8, 4) is 0 Å². The van der Waals surface area contributed by atoms with Gasteiger partial charge in [0.2, 0.25) is 0 Å². The van der Waals surface area contributed by atoms with Gasteiger partial charge in [0.15, 0.2) is 12.2 Å². The molecule has 10 nitrogen and oxygen atoms in total. The Morgan fingerprint density at radius 1 is 1.10 bits per heavy atom. The largest absolute Gasteiger partial charge is 0.463 e. The van der Waals surface area contributed by atoms with Crippen LogP contribution in [0.15, 0.2) is 35.9 Å². The van der Waals surface area contributed by atoms with Crippen molar-refractivity contribution in [2.45, 2.75) is 52.1 Å². The number of ether oxygens (including phenoxy) is 4. The van der Waals surface area contributed by atoms with Gasteiger partial charge in [0.05, 0.1) is 18.1 Å². The molecular formula is C20H23NO9. The highest BCUT2D eigenvalue weighted by Gasteiger charge is 2.40. The van der Waals surface area contributed by atoms with Crippen molar-refractivity contribution in [3.63, 3.8) is 0 Å². The van der Waals surface area contributed by atoms with E-state index in [1.54, 1.807) is 6.92 Å². The molecule has 3 atom stereocenters. The summed E-state index contributed by atoms with van der Waals surface area (Å²) in [6.07, 6.45) is -1.33. The first kappa shape index (κ1) is 23.0. The van der Waals surface area contributed by atoms with Gasteiger partial charge in [0.1, 0.15) is 6.10 Å². The van der Waals surface area contributed by atoms with Gasteiger partial charge in [-0.25, -0.2) is 4.79 Å². The summed E-state index contributed by atoms with van der Waals surface area (Å²) in [4.78, 5) is 45.6. The summed E-state index contributed by atoms with van der Waals surface area (Å²) in [6, 6.07) is 5.75. The van der Waals surface area contributed by atoms with Crippen LogP contribution in [0.5, 0.6) is 0 Å². The standard InChI is InChI=1S/C20H23NO9/c1-4-27-20(24)15-9-17(19(30-13(3)23)18(10-15)29-12(2)22)28-11-14-5-7-16(8-6-14)21(25)26/h5-8,10,17-19H,4,9,11H2,1-3H3/t17-,18+,19-/m0/s1. The lowest BCUT2D eigenvalue weighted by Crippen LogP contribution is -2.47. The van der Waals surface area contributed by atoms with Gasteiger partial charge in [-0.05, 0) is 30.7 Å². The molecule has 0 saturated carbocycles. The van der Waals surface area contributed by atoms with Crippen molar-refractivity contribution in [2.24, 2.45) is 0 Å². The number of nitrogens with zero attached hydrogens (tertiary/aromatic N) is 1. The average molecular weight is 421 g/mol. The zero-order valence-electron chi connectivity index (χ0n) is 16.9. The third kappa shape index (κ3) is 6.38. The molecule has 10 heteroatoms. The Balaban J connectivity index is 2.24. The van der Waals surface area contributed by atoms with Crippen LogP contribution in [0.25, 0.3) is 0 Å². The van der Waals surface area contributed by atoms with E-state index in [1.807, 2.05) is 0 Å². The van der Waals surface area contributed by atoms with Crippen molar-refractivity contribution in [3.05, 3.63) is 51.6 Å². The second-order valence-corrected chi connectivity index (χ2v) is 6.54. The molecule has 162 valence electrons. The van der Waals surface area contributed by atoms with Crippen molar-refractivity contribution in [2.75, 3.05) is 6.61 Å². The minimum Gasteiger partial charge on any atom is -0.463 e. The van der Waals surface area contributed by atoms with E-state index in [0.717, 1.165) is 0 Å². The molecule has 0 bridgehead atoms. The maximum atomic E-state index is 12.2. The van der Waals surface area contributed by atoms with Crippen molar-refractivity contribution >= 4 is 23.6 Å². The van der Waals surface area contributed by atoms with Gasteiger partial charge >= 0.3 is 17.9 Å². The number of carbonyl (C=O) groups excluding carboxylic acids is 3. The topological polar surface area (TPSA) is 131 Å². The maximum absolute atomic E-state index is 12.2. The van der Waals surface area contributed by atoms with Gasteiger partial charge in [-0.2, -0.15) is 0 Å². The Hall–Kier alpha value is -3.27. The van der Waals surface area contributed by atoms with E-state index in [9.17, 15) is 24.5 Å². The zero-order chi connectivity index (χ0) is 22.3. The average Bonchev–Trinajstić information content (AvgIpc) is 2.67. The lowest BCUT2D eigenvalue weighted by molar-refractivity contribution is -0.384. The van der Waals surface area contributed by atoms with Gasteiger partial charge in [-0.3, -0.25) is 19.7 Å². The van der Waals surface area contributed by atoms with Crippen LogP contribution >= 0.6 is 0 Å². The van der Waals surface area contributed by atoms with Crippen molar-refractivity contribution in [1.82, 2.24) is 0 Å². The molecule has 0 unspecified atom stereocenters. The minimum absolute atomic E-state index is 0.0311. The van der Waals surface area contributed by atoms with Crippen LogP contribution in [0.4, 0.5) is 5.69 Å². The van der Waals surface area contributed by atoms with E-state index in [4.69, 9.17) is 18.9 Å². The number of esters is 3. The quantitative estimate of drug-likeness (QED) is 0.268. The van der Waals surface area contributed by atoms with Crippen LogP contribution in [0.3, 0.4) is 0 Å². The maximum Gasteiger partial charge on any atom is 0.333 e. The number of hydrogen-bond donors (Lipinski definition) is 0. The van der Waals surface area contributed by atoms with Gasteiger partial charge < -0.3 is 18.9 Å². The molecule has 0 fully saturated rings. The number of non-ortho nitro benzene ring substituents is 1. The number of nitro groups is 1. The second-order valence-electron chi connectivity index (χ2n) is 6.54. The van der Waals surface area contributed by atoms with Gasteiger partial charge in [0, 0.05) is 38.0 Å². The fourth-order valence-corrected chi connectivity index (χ4v) is 2.98. The number of carbonyl (C=O) groups is 3. The SMILES string of the molecule is CCOC(=O)C1=C[C@@H](OC(C)=O)[C@@H](OC(C)=O)[C@@H](OCc2ccc([N+](=O)[O-])cc2)C1. The van der Waals surface area contributed by atoms with Crippen LogP contribution in [0.2, 0.25) is 0 Å². The van der Waals surface area contributed by atoms with Crippen molar-refractivity contribution in [1.29, 1.82) is 0 Å². The molecule has 1 aromatic carbocycles. The number of benzene rings is 1. The monoisotopic (exact) mass is 421 g/mol. The van der Waals surface area contributed by atoms with Crippen molar-refractivity contribution < 1.29 is 38.3 Å². The molecule has 2 rings (SSSR count). The van der Waals surface area contributed by atoms with E-state index in [0.29, 0.717) is 5.56 Å². The third-order valence-electron chi connectivity index (χ3n) is 4.23. The lowest BCUT2D eigenvalue weighted by Gasteiger charge is -2.35. The third-order valence-corrected chi connectivity index (χ3v) is 4.23. The first-order valence-corrected chi connectivity index (χ1v) is 9.28. The summed E-state index contributed by atoms with van der Waals surface area (Å²) >= 11 is 0. The Morgan fingerprint density at radius 2 is 1.73 bits per heavy atom. The van der Waals surface area contributed by atoms with Crippen LogP contribution in [0, 0.1) is 10.1 Å². The second kappa shape index (κ2) is 10.5. The minimum atomic E-state index is -1.03. The Bertz CT molecular complexity index is 831. The summed E-state index contributed by atoms with van der Waals surface area (Å²) in [5.41, 5.74) is 0.815. The smallest absolute Gasteiger partial charge is 0.333 e. The molecule has 1 aliphatic rings. The summed E-state index contributed by atoms with van der Waals surface area (Å²) in [6.45, 7) is 4.27. The molecule has 30 heavy (non-hydrogen) atoms. The van der Waals surface area contributed by atoms with E-state index in [-0.39, 0.29) is 30.9 Å². The van der Waals surface area contributed by atoms with Crippen LogP contribution < -0.4 is 0 Å². The predicted octanol–water partition coefficient (Wildman–Crippen LogP) is 2.24. The molecule has 0 aromatic heterocycles. The molecule has 0 spiro atoms. The Labute approximate surface area is 172 Å². The molecule has 0 saturated heterocycles. The zero-order valence-corrected chi connectivity index (χ0v) is 16.9. The fraction of sp³-hybridized carbons (Fsp3) is 0.450. The van der Waals surface area contributed by atoms with E-state index < -0.39 is 41.1 Å². The molecule has 0 radical (unpaired) electrons. The normalized spacial score (nSPS) is 20.6. The summed E-state index contributed by atoms with van der Waals surface area (Å²) < 4.78 is 21.4. The Kier molecular flexibility index (Phi) is 8.05. The van der Waals surface area contributed by atoms with Gasteiger partial charge in [-0.1, -0.05) is 0 Å². The van der Waals surface area contributed by atoms with Crippen LogP contribution in [-0.2, 0) is 39.9 Å². The molecule has 1 aliphatic carbocycles. The Morgan fingerprint density at radius 3 is 2.27 bits per heavy atom. The van der Waals surface area contributed by atoms with Crippen LogP contribution in [-0.4, -0.2) is 47.8 Å². The number of rotatable bonds is 8. The van der Waals surface area contributed by atoms with Gasteiger partial charge in [0.25, 0.3) is 5.69 Å². The van der Waals surface area contributed by atoms with Gasteiger partial charge in [-0.15, -0.1) is 0 Å². The highest BCUT2D eigenvalue weighted by molar-refractivity contribution is 5.89. The molecule has 0 aliphatic heterocycles. The number of hydrogen-bond acceptors (Lipinski definition) is 9. The van der Waals surface area contributed by atoms with E-state index in [2.05, 4.69) is 0 Å². The van der Waals surface area contributed by atoms with E-state index >= 15 is 0 Å². The lowest BCUT2D eigenvalue weighted by atomic mass is 9.91. The molecule has 1 aromatic rings. The first-order chi connectivity index (χ1) is 14.2. The predicted molar refractivity (Wildman–Crippen MR) is 102 cm³/mol. The fourth-order valence-electron chi connectivity index (χ4n) is 2.98. The molecule has 0 amide bonds. The highest BCUT2D eigenvalue weighted by Crippen LogP contribution is 2.28. The summed E-state index contributed by atoms with van der Waals surface area (Å²) in [7, 11) is 0. The number of nitro benzene ring substituents is 1.